The van der Waals surface area contributed by atoms with Gasteiger partial charge in [0.1, 0.15) is 5.52 Å². The smallest absolute Gasteiger partial charge is 0.228 e. The molecule has 0 aliphatic heterocycles. The van der Waals surface area contributed by atoms with Gasteiger partial charge in [-0.05, 0) is 57.5 Å². The van der Waals surface area contributed by atoms with E-state index in [1.165, 1.54) is 28.1 Å². The lowest BCUT2D eigenvalue weighted by Gasteiger charge is -2.22. The van der Waals surface area contributed by atoms with Crippen LogP contribution in [-0.2, 0) is 14.6 Å². The summed E-state index contributed by atoms with van der Waals surface area (Å²) in [5.74, 6) is 0.866. The molecule has 0 fully saturated rings. The third-order valence-electron chi connectivity index (χ3n) is 4.90. The van der Waals surface area contributed by atoms with Gasteiger partial charge in [-0.3, -0.25) is 9.69 Å². The number of thioether (sulfide) groups is 1. The largest absolute Gasteiger partial charge is 0.308 e. The number of carbonyl (C=O) groups excluding carboxylic acids is 1. The number of halogens is 1. The van der Waals surface area contributed by atoms with E-state index >= 15 is 0 Å². The third kappa shape index (κ3) is 7.68. The van der Waals surface area contributed by atoms with E-state index in [-0.39, 0.29) is 23.2 Å². The zero-order valence-corrected chi connectivity index (χ0v) is 22.5. The van der Waals surface area contributed by atoms with Crippen LogP contribution in [0.3, 0.4) is 0 Å². The number of thiazole rings is 1. The predicted molar refractivity (Wildman–Crippen MR) is 142 cm³/mol. The number of aryl methyl sites for hydroxylation is 1. The molecule has 0 spiro atoms. The number of aromatic nitrogens is 1. The summed E-state index contributed by atoms with van der Waals surface area (Å²) in [6, 6.07) is 13.5. The second-order valence-corrected chi connectivity index (χ2v) is 12.1. The van der Waals surface area contributed by atoms with E-state index < -0.39 is 9.84 Å². The number of likely N-dealkylation sites (N-methyl/N-ethyl adjacent to an activating group) is 1. The molecule has 10 heteroatoms. The molecule has 0 bridgehead atoms. The summed E-state index contributed by atoms with van der Waals surface area (Å²) in [5.41, 5.74) is 1.67. The van der Waals surface area contributed by atoms with E-state index in [1.807, 2.05) is 25.1 Å². The maximum absolute atomic E-state index is 13.1. The highest BCUT2D eigenvalue weighted by molar-refractivity contribution is 7.99. The van der Waals surface area contributed by atoms with Gasteiger partial charge in [0.25, 0.3) is 0 Å². The lowest BCUT2D eigenvalue weighted by atomic mass is 10.2. The van der Waals surface area contributed by atoms with E-state index in [9.17, 15) is 13.2 Å². The quantitative estimate of drug-likeness (QED) is 0.276. The van der Waals surface area contributed by atoms with Crippen molar-refractivity contribution in [2.24, 2.45) is 0 Å². The highest BCUT2D eigenvalue weighted by Crippen LogP contribution is 2.33. The average Bonchev–Trinajstić information content (AvgIpc) is 3.15. The van der Waals surface area contributed by atoms with Crippen LogP contribution in [0.1, 0.15) is 18.4 Å². The van der Waals surface area contributed by atoms with Crippen LogP contribution in [-0.4, -0.2) is 63.4 Å². The Morgan fingerprint density at radius 1 is 1.09 bits per heavy atom. The van der Waals surface area contributed by atoms with Crippen LogP contribution in [0.25, 0.3) is 10.2 Å². The number of amides is 1. The Morgan fingerprint density at radius 2 is 1.79 bits per heavy atom. The van der Waals surface area contributed by atoms with Gasteiger partial charge in [-0.2, -0.15) is 0 Å². The van der Waals surface area contributed by atoms with E-state index in [0.717, 1.165) is 16.9 Å². The van der Waals surface area contributed by atoms with E-state index in [0.29, 0.717) is 30.2 Å². The number of rotatable bonds is 10. The molecular formula is C23H30ClN3O3S3. The molecule has 1 aromatic heterocycles. The van der Waals surface area contributed by atoms with E-state index in [2.05, 4.69) is 36.2 Å². The van der Waals surface area contributed by atoms with Crippen molar-refractivity contribution < 1.29 is 13.2 Å². The summed E-state index contributed by atoms with van der Waals surface area (Å²) < 4.78 is 25.1. The molecule has 0 saturated carbocycles. The topological polar surface area (TPSA) is 70.6 Å². The van der Waals surface area contributed by atoms with Crippen LogP contribution in [0.4, 0.5) is 5.13 Å². The fourth-order valence-corrected chi connectivity index (χ4v) is 5.92. The summed E-state index contributed by atoms with van der Waals surface area (Å²) in [4.78, 5) is 22.8. The summed E-state index contributed by atoms with van der Waals surface area (Å²) >= 11 is 3.11. The minimum Gasteiger partial charge on any atom is -0.308 e. The molecular weight excluding hydrogens is 498 g/mol. The molecule has 1 heterocycles. The van der Waals surface area contributed by atoms with Crippen LogP contribution in [0.5, 0.6) is 0 Å². The lowest BCUT2D eigenvalue weighted by molar-refractivity contribution is -0.118. The number of hydrogen-bond acceptors (Lipinski definition) is 7. The first kappa shape index (κ1) is 27.6. The number of benzene rings is 2. The highest BCUT2D eigenvalue weighted by Gasteiger charge is 2.22. The molecule has 33 heavy (non-hydrogen) atoms. The van der Waals surface area contributed by atoms with Gasteiger partial charge in [-0.15, -0.1) is 24.2 Å². The zero-order chi connectivity index (χ0) is 23.3. The molecule has 180 valence electrons. The second-order valence-electron chi connectivity index (χ2n) is 7.99. The van der Waals surface area contributed by atoms with Crippen molar-refractivity contribution >= 4 is 66.6 Å². The van der Waals surface area contributed by atoms with Gasteiger partial charge in [0.05, 0.1) is 9.60 Å². The van der Waals surface area contributed by atoms with Crippen molar-refractivity contribution in [2.75, 3.05) is 44.1 Å². The van der Waals surface area contributed by atoms with Gasteiger partial charge >= 0.3 is 0 Å². The molecule has 0 atom stereocenters. The fourth-order valence-electron chi connectivity index (χ4n) is 3.14. The summed E-state index contributed by atoms with van der Waals surface area (Å²) in [6.45, 7) is 3.26. The minimum absolute atomic E-state index is 0. The molecule has 0 unspecified atom stereocenters. The average molecular weight is 528 g/mol. The van der Waals surface area contributed by atoms with Crippen molar-refractivity contribution in [1.29, 1.82) is 0 Å². The first-order valence-corrected chi connectivity index (χ1v) is 14.1. The molecule has 0 radical (unpaired) electrons. The molecule has 0 N–H and O–H groups in total. The van der Waals surface area contributed by atoms with Crippen LogP contribution >= 0.6 is 35.5 Å². The van der Waals surface area contributed by atoms with Crippen molar-refractivity contribution in [2.45, 2.75) is 29.6 Å². The molecule has 3 rings (SSSR count). The van der Waals surface area contributed by atoms with Crippen LogP contribution in [0.2, 0.25) is 0 Å². The summed E-state index contributed by atoms with van der Waals surface area (Å²) in [7, 11) is 0.514. The van der Waals surface area contributed by atoms with Gasteiger partial charge < -0.3 is 4.90 Å². The van der Waals surface area contributed by atoms with Gasteiger partial charge in [0.15, 0.2) is 15.0 Å². The van der Waals surface area contributed by atoms with Crippen LogP contribution in [0.15, 0.2) is 52.3 Å². The number of sulfone groups is 1. The Morgan fingerprint density at radius 3 is 2.42 bits per heavy atom. The Labute approximate surface area is 210 Å². The standard InChI is InChI=1S/C23H29N3O3S3.ClH/c1-17-10-12-18(13-11-17)30-16-6-9-21(27)26(15-14-25(2)3)23-24-22-19(31-23)7-5-8-20(22)32(4,28)29;/h5,7-8,10-13H,6,9,14-16H2,1-4H3;1H. The molecule has 6 nitrogen and oxygen atoms in total. The van der Waals surface area contributed by atoms with Crippen molar-refractivity contribution in [3.63, 3.8) is 0 Å². The van der Waals surface area contributed by atoms with Crippen LogP contribution < -0.4 is 4.90 Å². The maximum atomic E-state index is 13.1. The molecule has 0 saturated heterocycles. The Balaban J connectivity index is 0.00000385. The molecule has 1 amide bonds. The summed E-state index contributed by atoms with van der Waals surface area (Å²) in [5, 5.41) is 0.550. The van der Waals surface area contributed by atoms with Crippen molar-refractivity contribution in [1.82, 2.24) is 9.88 Å². The highest BCUT2D eigenvalue weighted by atomic mass is 35.5. The number of hydrogen-bond donors (Lipinski definition) is 0. The molecule has 3 aromatic rings. The number of para-hydroxylation sites is 1. The normalized spacial score (nSPS) is 11.5. The third-order valence-corrected chi connectivity index (χ3v) is 8.17. The van der Waals surface area contributed by atoms with Gasteiger partial charge in [-0.1, -0.05) is 35.1 Å². The fraction of sp³-hybridized carbons (Fsp3) is 0.391. The van der Waals surface area contributed by atoms with Crippen molar-refractivity contribution in [3.8, 4) is 0 Å². The van der Waals surface area contributed by atoms with Crippen molar-refractivity contribution in [3.05, 3.63) is 48.0 Å². The van der Waals surface area contributed by atoms with E-state index in [1.54, 1.807) is 28.8 Å². The summed E-state index contributed by atoms with van der Waals surface area (Å²) in [6.07, 6.45) is 2.36. The Bertz CT molecular complexity index is 1180. The lowest BCUT2D eigenvalue weighted by Crippen LogP contribution is -2.36. The minimum atomic E-state index is -3.40. The molecule has 0 aliphatic carbocycles. The Hall–Kier alpha value is -1.65. The monoisotopic (exact) mass is 527 g/mol. The SMILES string of the molecule is Cc1ccc(SCCCC(=O)N(CCN(C)C)c2nc3c(S(C)(=O)=O)cccc3s2)cc1.Cl. The van der Waals surface area contributed by atoms with Gasteiger partial charge in [0.2, 0.25) is 5.91 Å². The number of anilines is 1. The first-order valence-electron chi connectivity index (χ1n) is 10.4. The Kier molecular flexibility index (Phi) is 10.2. The number of nitrogens with zero attached hydrogens (tertiary/aromatic N) is 3. The predicted octanol–water partition coefficient (Wildman–Crippen LogP) is 4.90. The van der Waals surface area contributed by atoms with Crippen LogP contribution in [0, 0.1) is 6.92 Å². The molecule has 2 aromatic carbocycles. The number of carbonyl (C=O) groups is 1. The maximum Gasteiger partial charge on any atom is 0.228 e. The van der Waals surface area contributed by atoms with Gasteiger partial charge in [0, 0.05) is 30.7 Å². The van der Waals surface area contributed by atoms with E-state index in [4.69, 9.17) is 0 Å². The second kappa shape index (κ2) is 12.2. The number of fused-ring (bicyclic) bond motifs is 1. The first-order chi connectivity index (χ1) is 15.1. The van der Waals surface area contributed by atoms with Gasteiger partial charge in [-0.25, -0.2) is 13.4 Å². The zero-order valence-electron chi connectivity index (χ0n) is 19.3. The molecule has 0 aliphatic rings.